The first kappa shape index (κ1) is 14.2. The summed E-state index contributed by atoms with van der Waals surface area (Å²) < 4.78 is 1.24. The average molecular weight is 304 g/mol. The lowest BCUT2D eigenvalue weighted by Gasteiger charge is -2.24. The van der Waals surface area contributed by atoms with Gasteiger partial charge in [0.05, 0.1) is 3.79 Å². The maximum absolute atomic E-state index is 3.62. The van der Waals surface area contributed by atoms with Crippen molar-refractivity contribution in [2.24, 2.45) is 5.92 Å². The Morgan fingerprint density at radius 3 is 2.56 bits per heavy atom. The molecule has 0 radical (unpaired) electrons. The van der Waals surface area contributed by atoms with Crippen LogP contribution in [0.1, 0.15) is 50.1 Å². The molecule has 1 nitrogen and oxygen atoms in total. The lowest BCUT2D eigenvalue weighted by molar-refractivity contribution is 0.369. The summed E-state index contributed by atoms with van der Waals surface area (Å²) in [5, 5.41) is 3.62. The van der Waals surface area contributed by atoms with Gasteiger partial charge in [0.15, 0.2) is 0 Å². The molecule has 1 aromatic rings. The maximum Gasteiger partial charge on any atom is 0.0704 e. The SMILES string of the molecule is CCCC(C)C(NCC)c1cc(Br)sc1C. The molecule has 0 bridgehead atoms. The molecule has 92 valence electrons. The number of hydrogen-bond acceptors (Lipinski definition) is 2. The summed E-state index contributed by atoms with van der Waals surface area (Å²) in [6, 6.07) is 2.78. The maximum atomic E-state index is 3.62. The second kappa shape index (κ2) is 6.77. The molecular formula is C13H22BrNS. The van der Waals surface area contributed by atoms with E-state index >= 15 is 0 Å². The lowest BCUT2D eigenvalue weighted by Crippen LogP contribution is -2.26. The van der Waals surface area contributed by atoms with Crippen LogP contribution in [0.4, 0.5) is 0 Å². The van der Waals surface area contributed by atoms with E-state index in [0.29, 0.717) is 12.0 Å². The van der Waals surface area contributed by atoms with Gasteiger partial charge in [0.1, 0.15) is 0 Å². The lowest BCUT2D eigenvalue weighted by atomic mass is 9.91. The summed E-state index contributed by atoms with van der Waals surface area (Å²) in [4.78, 5) is 1.43. The molecular weight excluding hydrogens is 282 g/mol. The van der Waals surface area contributed by atoms with E-state index in [1.165, 1.54) is 27.1 Å². The molecule has 0 aliphatic rings. The molecule has 2 unspecified atom stereocenters. The second-order valence-corrected chi connectivity index (χ2v) is 7.00. The minimum absolute atomic E-state index is 0.507. The minimum Gasteiger partial charge on any atom is -0.310 e. The van der Waals surface area contributed by atoms with Gasteiger partial charge >= 0.3 is 0 Å². The van der Waals surface area contributed by atoms with Crippen LogP contribution >= 0.6 is 27.3 Å². The van der Waals surface area contributed by atoms with Crippen LogP contribution in [0.25, 0.3) is 0 Å². The Kier molecular flexibility index (Phi) is 6.01. The Morgan fingerprint density at radius 1 is 1.44 bits per heavy atom. The molecule has 0 saturated carbocycles. The van der Waals surface area contributed by atoms with E-state index < -0.39 is 0 Å². The van der Waals surface area contributed by atoms with Crippen molar-refractivity contribution in [2.75, 3.05) is 6.54 Å². The summed E-state index contributed by atoms with van der Waals surface area (Å²) in [5.41, 5.74) is 1.47. The highest BCUT2D eigenvalue weighted by atomic mass is 79.9. The van der Waals surface area contributed by atoms with Gasteiger partial charge in [-0.05, 0) is 53.4 Å². The van der Waals surface area contributed by atoms with Crippen LogP contribution in [-0.4, -0.2) is 6.54 Å². The highest BCUT2D eigenvalue weighted by molar-refractivity contribution is 9.11. The van der Waals surface area contributed by atoms with Gasteiger partial charge in [-0.25, -0.2) is 0 Å². The molecule has 1 rings (SSSR count). The molecule has 3 heteroatoms. The molecule has 0 aliphatic carbocycles. The first-order valence-corrected chi connectivity index (χ1v) is 7.70. The number of aryl methyl sites for hydroxylation is 1. The Balaban J connectivity index is 2.88. The minimum atomic E-state index is 0.507. The molecule has 0 fully saturated rings. The topological polar surface area (TPSA) is 12.0 Å². The van der Waals surface area contributed by atoms with Crippen molar-refractivity contribution < 1.29 is 0 Å². The summed E-state index contributed by atoms with van der Waals surface area (Å²) in [6.07, 6.45) is 2.54. The number of rotatable bonds is 6. The van der Waals surface area contributed by atoms with Crippen LogP contribution in [0, 0.1) is 12.8 Å². The predicted molar refractivity (Wildman–Crippen MR) is 77.2 cm³/mol. The van der Waals surface area contributed by atoms with Crippen LogP contribution in [0.15, 0.2) is 9.85 Å². The predicted octanol–water partition coefficient (Wildman–Crippen LogP) is 4.91. The van der Waals surface area contributed by atoms with E-state index in [1.807, 2.05) is 11.3 Å². The van der Waals surface area contributed by atoms with Gasteiger partial charge in [-0.2, -0.15) is 0 Å². The van der Waals surface area contributed by atoms with E-state index in [4.69, 9.17) is 0 Å². The molecule has 0 aromatic carbocycles. The standard InChI is InChI=1S/C13H22BrNS/c1-5-7-9(3)13(15-6-2)11-8-12(14)16-10(11)4/h8-9,13,15H,5-7H2,1-4H3. The van der Waals surface area contributed by atoms with Crippen molar-refractivity contribution in [3.63, 3.8) is 0 Å². The van der Waals surface area contributed by atoms with Crippen molar-refractivity contribution in [1.82, 2.24) is 5.32 Å². The highest BCUT2D eigenvalue weighted by Crippen LogP contribution is 2.35. The van der Waals surface area contributed by atoms with Crippen LogP contribution in [0.5, 0.6) is 0 Å². The molecule has 0 spiro atoms. The molecule has 16 heavy (non-hydrogen) atoms. The Hall–Kier alpha value is 0.140. The zero-order chi connectivity index (χ0) is 12.1. The van der Waals surface area contributed by atoms with E-state index in [9.17, 15) is 0 Å². The third kappa shape index (κ3) is 3.57. The third-order valence-corrected chi connectivity index (χ3v) is 4.57. The smallest absolute Gasteiger partial charge is 0.0704 e. The van der Waals surface area contributed by atoms with Crippen molar-refractivity contribution in [1.29, 1.82) is 0 Å². The second-order valence-electron chi connectivity index (χ2n) is 4.36. The van der Waals surface area contributed by atoms with E-state index in [1.54, 1.807) is 0 Å². The van der Waals surface area contributed by atoms with E-state index in [2.05, 4.69) is 55.0 Å². The van der Waals surface area contributed by atoms with Gasteiger partial charge in [0.25, 0.3) is 0 Å². The Labute approximate surface area is 112 Å². The van der Waals surface area contributed by atoms with Crippen LogP contribution < -0.4 is 5.32 Å². The number of nitrogens with one attached hydrogen (secondary N) is 1. The quantitative estimate of drug-likeness (QED) is 0.787. The van der Waals surface area contributed by atoms with Crippen LogP contribution in [-0.2, 0) is 0 Å². The monoisotopic (exact) mass is 303 g/mol. The summed E-state index contributed by atoms with van der Waals surface area (Å²) in [5.74, 6) is 0.699. The van der Waals surface area contributed by atoms with Gasteiger partial charge in [-0.1, -0.05) is 27.2 Å². The molecule has 1 N–H and O–H groups in total. The van der Waals surface area contributed by atoms with Gasteiger partial charge in [0.2, 0.25) is 0 Å². The zero-order valence-electron chi connectivity index (χ0n) is 10.6. The number of halogens is 1. The van der Waals surface area contributed by atoms with Gasteiger partial charge in [0, 0.05) is 10.9 Å². The molecule has 2 atom stereocenters. The van der Waals surface area contributed by atoms with Crippen molar-refractivity contribution in [3.05, 3.63) is 20.3 Å². The highest BCUT2D eigenvalue weighted by Gasteiger charge is 2.20. The van der Waals surface area contributed by atoms with Crippen LogP contribution in [0.2, 0.25) is 0 Å². The molecule has 0 amide bonds. The Bertz CT molecular complexity index is 322. The van der Waals surface area contributed by atoms with Gasteiger partial charge in [-0.15, -0.1) is 11.3 Å². The van der Waals surface area contributed by atoms with Gasteiger partial charge in [-0.3, -0.25) is 0 Å². The summed E-state index contributed by atoms with van der Waals surface area (Å²) in [6.45, 7) is 10.0. The first-order valence-electron chi connectivity index (χ1n) is 6.09. The third-order valence-electron chi connectivity index (χ3n) is 3.00. The average Bonchev–Trinajstić information content (AvgIpc) is 2.54. The molecule has 0 saturated heterocycles. The summed E-state index contributed by atoms with van der Waals surface area (Å²) in [7, 11) is 0. The number of hydrogen-bond donors (Lipinski definition) is 1. The molecule has 1 aromatic heterocycles. The van der Waals surface area contributed by atoms with E-state index in [0.717, 1.165) is 6.54 Å². The summed E-state index contributed by atoms with van der Waals surface area (Å²) >= 11 is 5.42. The van der Waals surface area contributed by atoms with Crippen molar-refractivity contribution in [3.8, 4) is 0 Å². The largest absolute Gasteiger partial charge is 0.310 e. The number of thiophene rings is 1. The fourth-order valence-corrected chi connectivity index (χ4v) is 3.98. The van der Waals surface area contributed by atoms with Gasteiger partial charge < -0.3 is 5.32 Å². The van der Waals surface area contributed by atoms with Crippen LogP contribution in [0.3, 0.4) is 0 Å². The van der Waals surface area contributed by atoms with Crippen molar-refractivity contribution in [2.45, 2.75) is 46.6 Å². The Morgan fingerprint density at radius 2 is 2.12 bits per heavy atom. The van der Waals surface area contributed by atoms with Crippen molar-refractivity contribution >= 4 is 27.3 Å². The fourth-order valence-electron chi connectivity index (χ4n) is 2.23. The molecule has 1 heterocycles. The fraction of sp³-hybridized carbons (Fsp3) is 0.692. The molecule has 0 aliphatic heterocycles. The first-order chi connectivity index (χ1) is 7.60. The van der Waals surface area contributed by atoms with E-state index in [-0.39, 0.29) is 0 Å². The zero-order valence-corrected chi connectivity index (χ0v) is 13.0. The normalized spacial score (nSPS) is 15.1.